The minimum absolute atomic E-state index is 0.0994. The second-order valence-electron chi connectivity index (χ2n) is 6.42. The molecule has 2 N–H and O–H groups in total. The molecule has 1 aromatic carbocycles. The van der Waals surface area contributed by atoms with Gasteiger partial charge in [-0.25, -0.2) is 4.39 Å². The molecule has 8 heteroatoms. The third-order valence-electron chi connectivity index (χ3n) is 4.52. The van der Waals surface area contributed by atoms with Crippen LogP contribution in [0.5, 0.6) is 0 Å². The van der Waals surface area contributed by atoms with Gasteiger partial charge >= 0.3 is 0 Å². The Morgan fingerprint density at radius 2 is 2.19 bits per heavy atom. The van der Waals surface area contributed by atoms with E-state index in [1.807, 2.05) is 11.4 Å². The molecular formula is C19H22FN3O3S. The van der Waals surface area contributed by atoms with Crippen molar-refractivity contribution in [3.8, 4) is 0 Å². The minimum atomic E-state index is -1.02. The number of likely N-dealkylation sites (tertiary alicyclic amines) is 1. The summed E-state index contributed by atoms with van der Waals surface area (Å²) in [5.41, 5.74) is -0.517. The number of carbonyl (C=O) groups excluding carboxylic acids is 2. The maximum Gasteiger partial charge on any atom is 0.264 e. The molecule has 1 unspecified atom stereocenters. The number of anilines is 1. The number of hydrogen-bond donors (Lipinski definition) is 2. The number of nitrogens with zero attached hydrogens (tertiary/aromatic N) is 1. The zero-order chi connectivity index (χ0) is 19.3. The molecule has 144 valence electrons. The number of nitrogens with one attached hydrogen (secondary N) is 2. The summed E-state index contributed by atoms with van der Waals surface area (Å²) >= 11 is 1.37. The second kappa shape index (κ2) is 8.49. The molecule has 0 saturated carbocycles. The molecule has 27 heavy (non-hydrogen) atoms. The molecule has 0 radical (unpaired) electrons. The fourth-order valence-electron chi connectivity index (χ4n) is 3.16. The van der Waals surface area contributed by atoms with Crippen molar-refractivity contribution in [2.45, 2.75) is 12.0 Å². The first-order chi connectivity index (χ1) is 13.0. The highest BCUT2D eigenvalue weighted by Gasteiger charge is 2.46. The summed E-state index contributed by atoms with van der Waals surface area (Å²) in [6, 6.07) is 9.57. The van der Waals surface area contributed by atoms with E-state index in [1.165, 1.54) is 23.5 Å². The van der Waals surface area contributed by atoms with Gasteiger partial charge in [0.05, 0.1) is 18.0 Å². The maximum atomic E-state index is 13.6. The van der Waals surface area contributed by atoms with Crippen LogP contribution in [0.3, 0.4) is 0 Å². The fourth-order valence-corrected chi connectivity index (χ4v) is 3.85. The molecule has 3 rings (SSSR count). The van der Waals surface area contributed by atoms with Crippen LogP contribution in [0.1, 0.15) is 16.1 Å². The van der Waals surface area contributed by atoms with Crippen LogP contribution in [-0.2, 0) is 9.53 Å². The van der Waals surface area contributed by atoms with Crippen molar-refractivity contribution >= 4 is 28.8 Å². The Labute approximate surface area is 161 Å². The highest BCUT2D eigenvalue weighted by atomic mass is 32.1. The molecular weight excluding hydrogens is 369 g/mol. The Hall–Kier alpha value is -2.45. The first kappa shape index (κ1) is 19.3. The quantitative estimate of drug-likeness (QED) is 0.711. The summed E-state index contributed by atoms with van der Waals surface area (Å²) in [4.78, 5) is 27.9. The molecule has 1 aromatic heterocycles. The number of ether oxygens (including phenoxy) is 1. The van der Waals surface area contributed by atoms with Crippen LogP contribution < -0.4 is 10.6 Å². The number of amides is 2. The van der Waals surface area contributed by atoms with E-state index in [0.717, 1.165) is 0 Å². The van der Waals surface area contributed by atoms with Crippen LogP contribution in [0, 0.1) is 5.82 Å². The smallest absolute Gasteiger partial charge is 0.264 e. The standard InChI is InChI=1S/C19H22FN3O3S/c1-26-10-8-21-18(25)19(22-15-5-2-4-14(20)12-15)7-9-23(13-19)17(24)16-6-3-11-27-16/h2-6,11-12,22H,7-10,13H2,1H3,(H,21,25). The molecule has 1 saturated heterocycles. The summed E-state index contributed by atoms with van der Waals surface area (Å²) in [5, 5.41) is 7.85. The Kier molecular flexibility index (Phi) is 6.08. The first-order valence-corrected chi connectivity index (χ1v) is 9.56. The van der Waals surface area contributed by atoms with E-state index in [2.05, 4.69) is 10.6 Å². The van der Waals surface area contributed by atoms with E-state index >= 15 is 0 Å². The fraction of sp³-hybridized carbons (Fsp3) is 0.368. The summed E-state index contributed by atoms with van der Waals surface area (Å²) < 4.78 is 18.6. The molecule has 2 amide bonds. The number of thiophene rings is 1. The first-order valence-electron chi connectivity index (χ1n) is 8.68. The van der Waals surface area contributed by atoms with Crippen molar-refractivity contribution in [1.82, 2.24) is 10.2 Å². The monoisotopic (exact) mass is 391 g/mol. The van der Waals surface area contributed by atoms with Gasteiger partial charge in [0, 0.05) is 25.9 Å². The summed E-state index contributed by atoms with van der Waals surface area (Å²) in [7, 11) is 1.56. The molecule has 1 aliphatic rings. The van der Waals surface area contributed by atoms with Gasteiger partial charge in [-0.15, -0.1) is 11.3 Å². The highest BCUT2D eigenvalue weighted by Crippen LogP contribution is 2.29. The number of halogens is 1. The third kappa shape index (κ3) is 4.45. The van der Waals surface area contributed by atoms with E-state index in [4.69, 9.17) is 4.74 Å². The van der Waals surface area contributed by atoms with E-state index in [9.17, 15) is 14.0 Å². The van der Waals surface area contributed by atoms with Gasteiger partial charge in [0.2, 0.25) is 5.91 Å². The van der Waals surface area contributed by atoms with Crippen LogP contribution in [0.2, 0.25) is 0 Å². The van der Waals surface area contributed by atoms with Crippen molar-refractivity contribution in [2.24, 2.45) is 0 Å². The van der Waals surface area contributed by atoms with Gasteiger partial charge < -0.3 is 20.3 Å². The molecule has 2 heterocycles. The highest BCUT2D eigenvalue weighted by molar-refractivity contribution is 7.12. The zero-order valence-electron chi connectivity index (χ0n) is 15.0. The molecule has 1 aliphatic heterocycles. The third-order valence-corrected chi connectivity index (χ3v) is 5.38. The van der Waals surface area contributed by atoms with Gasteiger partial charge in [-0.2, -0.15) is 0 Å². The molecule has 0 bridgehead atoms. The van der Waals surface area contributed by atoms with Crippen molar-refractivity contribution < 1.29 is 18.7 Å². The number of carbonyl (C=O) groups is 2. The summed E-state index contributed by atoms with van der Waals surface area (Å²) in [6.07, 6.45) is 0.430. The van der Waals surface area contributed by atoms with Gasteiger partial charge in [-0.3, -0.25) is 9.59 Å². The molecule has 1 atom stereocenters. The topological polar surface area (TPSA) is 70.7 Å². The number of methoxy groups -OCH3 is 1. The molecule has 6 nitrogen and oxygen atoms in total. The average Bonchev–Trinajstić information content (AvgIpc) is 3.32. The maximum absolute atomic E-state index is 13.6. The van der Waals surface area contributed by atoms with E-state index < -0.39 is 5.54 Å². The normalized spacial score (nSPS) is 19.1. The van der Waals surface area contributed by atoms with Gasteiger partial charge in [0.1, 0.15) is 11.4 Å². The number of rotatable bonds is 7. The lowest BCUT2D eigenvalue weighted by Gasteiger charge is -2.30. The number of benzene rings is 1. The lowest BCUT2D eigenvalue weighted by molar-refractivity contribution is -0.125. The predicted molar refractivity (Wildman–Crippen MR) is 102 cm³/mol. The zero-order valence-corrected chi connectivity index (χ0v) is 15.9. The van der Waals surface area contributed by atoms with Gasteiger partial charge in [0.25, 0.3) is 5.91 Å². The van der Waals surface area contributed by atoms with Crippen molar-refractivity contribution in [3.05, 3.63) is 52.5 Å². The van der Waals surface area contributed by atoms with Gasteiger partial charge in [-0.05, 0) is 36.1 Å². The van der Waals surface area contributed by atoms with Crippen LogP contribution in [0.15, 0.2) is 41.8 Å². The molecule has 0 aliphatic carbocycles. The Balaban J connectivity index is 1.80. The van der Waals surface area contributed by atoms with Gasteiger partial charge in [0.15, 0.2) is 0 Å². The molecule has 2 aromatic rings. The lowest BCUT2D eigenvalue weighted by atomic mass is 9.96. The van der Waals surface area contributed by atoms with Crippen molar-refractivity contribution in [2.75, 3.05) is 38.7 Å². The minimum Gasteiger partial charge on any atom is -0.383 e. The Bertz CT molecular complexity index is 799. The van der Waals surface area contributed by atoms with Crippen molar-refractivity contribution in [1.29, 1.82) is 0 Å². The van der Waals surface area contributed by atoms with Crippen LogP contribution >= 0.6 is 11.3 Å². The lowest BCUT2D eigenvalue weighted by Crippen LogP contribution is -2.55. The SMILES string of the molecule is COCCNC(=O)C1(Nc2cccc(F)c2)CCN(C(=O)c2cccs2)C1. The largest absolute Gasteiger partial charge is 0.383 e. The number of hydrogen-bond acceptors (Lipinski definition) is 5. The summed E-state index contributed by atoms with van der Waals surface area (Å²) in [6.45, 7) is 1.40. The van der Waals surface area contributed by atoms with Gasteiger partial charge in [-0.1, -0.05) is 12.1 Å². The Morgan fingerprint density at radius 1 is 1.33 bits per heavy atom. The van der Waals surface area contributed by atoms with E-state index in [1.54, 1.807) is 30.2 Å². The van der Waals surface area contributed by atoms with E-state index in [-0.39, 0.29) is 24.2 Å². The molecule has 1 fully saturated rings. The van der Waals surface area contributed by atoms with Crippen LogP contribution in [0.25, 0.3) is 0 Å². The predicted octanol–water partition coefficient (Wildman–Crippen LogP) is 2.35. The van der Waals surface area contributed by atoms with Crippen LogP contribution in [0.4, 0.5) is 10.1 Å². The Morgan fingerprint density at radius 3 is 2.89 bits per heavy atom. The van der Waals surface area contributed by atoms with Crippen molar-refractivity contribution in [3.63, 3.8) is 0 Å². The van der Waals surface area contributed by atoms with Crippen LogP contribution in [-0.4, -0.2) is 55.6 Å². The average molecular weight is 391 g/mol. The molecule has 0 spiro atoms. The summed E-state index contributed by atoms with van der Waals surface area (Å²) in [5.74, 6) is -0.720. The second-order valence-corrected chi connectivity index (χ2v) is 7.37. The van der Waals surface area contributed by atoms with E-state index in [0.29, 0.717) is 36.7 Å².